The van der Waals surface area contributed by atoms with Crippen LogP contribution in [0.5, 0.6) is 0 Å². The van der Waals surface area contributed by atoms with Crippen LogP contribution in [-0.4, -0.2) is 18.9 Å². The van der Waals surface area contributed by atoms with Crippen LogP contribution in [0.4, 0.5) is 17.6 Å². The molecule has 0 aromatic carbocycles. The molecule has 1 aromatic rings. The quantitative estimate of drug-likeness (QED) is 0.755. The predicted octanol–water partition coefficient (Wildman–Crippen LogP) is 4.72. The number of rotatable bonds is 5. The molecule has 0 aliphatic rings. The lowest BCUT2D eigenvalue weighted by atomic mass is 10.1. The SMILES string of the molecule is CCNC(c1cc(Br)c(Cl)s1)C(F)(F)C(F)F. The summed E-state index contributed by atoms with van der Waals surface area (Å²) in [7, 11) is 0. The molecule has 1 rings (SSSR count). The van der Waals surface area contributed by atoms with E-state index in [1.807, 2.05) is 0 Å². The van der Waals surface area contributed by atoms with E-state index in [9.17, 15) is 17.6 Å². The summed E-state index contributed by atoms with van der Waals surface area (Å²) in [6, 6.07) is -0.405. The van der Waals surface area contributed by atoms with Crippen LogP contribution in [0.15, 0.2) is 10.5 Å². The van der Waals surface area contributed by atoms with Gasteiger partial charge in [-0.2, -0.15) is 8.78 Å². The van der Waals surface area contributed by atoms with Crippen molar-refractivity contribution in [1.29, 1.82) is 0 Å². The first-order valence-corrected chi connectivity index (χ1v) is 6.63. The van der Waals surface area contributed by atoms with Crippen molar-refractivity contribution in [1.82, 2.24) is 5.32 Å². The molecule has 8 heteroatoms. The Hall–Kier alpha value is 0.150. The van der Waals surface area contributed by atoms with Crippen LogP contribution in [0.3, 0.4) is 0 Å². The Morgan fingerprint density at radius 3 is 2.47 bits per heavy atom. The van der Waals surface area contributed by atoms with E-state index in [1.165, 1.54) is 6.07 Å². The summed E-state index contributed by atoms with van der Waals surface area (Å²) in [4.78, 5) is 0.0778. The van der Waals surface area contributed by atoms with Gasteiger partial charge in [-0.3, -0.25) is 0 Å². The van der Waals surface area contributed by atoms with E-state index in [1.54, 1.807) is 6.92 Å². The van der Waals surface area contributed by atoms with Gasteiger partial charge in [-0.25, -0.2) is 8.78 Å². The molecule has 1 heterocycles. The van der Waals surface area contributed by atoms with Gasteiger partial charge in [0.05, 0.1) is 0 Å². The third-order valence-electron chi connectivity index (χ3n) is 2.03. The van der Waals surface area contributed by atoms with Gasteiger partial charge in [-0.05, 0) is 28.5 Å². The lowest BCUT2D eigenvalue weighted by Gasteiger charge is -2.25. The molecule has 1 atom stereocenters. The molecule has 17 heavy (non-hydrogen) atoms. The van der Waals surface area contributed by atoms with E-state index in [4.69, 9.17) is 11.6 Å². The number of halogens is 6. The summed E-state index contributed by atoms with van der Waals surface area (Å²) in [6.45, 7) is 1.72. The maximum atomic E-state index is 13.4. The number of hydrogen-bond acceptors (Lipinski definition) is 2. The topological polar surface area (TPSA) is 12.0 Å². The van der Waals surface area contributed by atoms with Gasteiger partial charge < -0.3 is 5.32 Å². The van der Waals surface area contributed by atoms with Crippen molar-refractivity contribution >= 4 is 38.9 Å². The highest BCUT2D eigenvalue weighted by Gasteiger charge is 2.49. The van der Waals surface area contributed by atoms with Gasteiger partial charge in [0.2, 0.25) is 0 Å². The monoisotopic (exact) mass is 353 g/mol. The molecule has 98 valence electrons. The van der Waals surface area contributed by atoms with E-state index in [0.717, 1.165) is 11.3 Å². The molecule has 0 bridgehead atoms. The number of nitrogens with one attached hydrogen (secondary N) is 1. The smallest absolute Gasteiger partial charge is 0.304 e. The first-order chi connectivity index (χ1) is 7.80. The number of thiophene rings is 1. The minimum absolute atomic E-state index is 0.0778. The van der Waals surface area contributed by atoms with E-state index >= 15 is 0 Å². The summed E-state index contributed by atoms with van der Waals surface area (Å²) in [5, 5.41) is 2.36. The summed E-state index contributed by atoms with van der Waals surface area (Å²) >= 11 is 9.62. The van der Waals surface area contributed by atoms with Crippen LogP contribution in [-0.2, 0) is 0 Å². The average Bonchev–Trinajstić information content (AvgIpc) is 2.54. The number of alkyl halides is 4. The van der Waals surface area contributed by atoms with Crippen molar-refractivity contribution in [2.24, 2.45) is 0 Å². The van der Waals surface area contributed by atoms with Gasteiger partial charge in [0.1, 0.15) is 10.4 Å². The predicted molar refractivity (Wildman–Crippen MR) is 64.4 cm³/mol. The average molecular weight is 355 g/mol. The van der Waals surface area contributed by atoms with Gasteiger partial charge in [0, 0.05) is 9.35 Å². The summed E-state index contributed by atoms with van der Waals surface area (Å²) < 4.78 is 52.1. The van der Waals surface area contributed by atoms with Crippen LogP contribution in [0.25, 0.3) is 0 Å². The normalized spacial score (nSPS) is 14.4. The highest BCUT2D eigenvalue weighted by Crippen LogP contribution is 2.42. The molecule has 0 radical (unpaired) electrons. The second-order valence-electron chi connectivity index (χ2n) is 3.24. The maximum Gasteiger partial charge on any atom is 0.327 e. The molecule has 0 saturated carbocycles. The van der Waals surface area contributed by atoms with Crippen molar-refractivity contribution in [2.45, 2.75) is 25.3 Å². The summed E-state index contributed by atoms with van der Waals surface area (Å²) in [6.07, 6.45) is -3.73. The Kier molecular flexibility index (Phi) is 5.24. The van der Waals surface area contributed by atoms with Crippen molar-refractivity contribution in [3.05, 3.63) is 19.8 Å². The van der Waals surface area contributed by atoms with Crippen LogP contribution in [0, 0.1) is 0 Å². The molecule has 0 amide bonds. The molecule has 0 aliphatic heterocycles. The fourth-order valence-electron chi connectivity index (χ4n) is 1.26. The summed E-state index contributed by atoms with van der Waals surface area (Å²) in [5.41, 5.74) is 0. The zero-order valence-corrected chi connectivity index (χ0v) is 11.8. The van der Waals surface area contributed by atoms with Gasteiger partial charge in [-0.1, -0.05) is 18.5 Å². The Morgan fingerprint density at radius 1 is 1.53 bits per heavy atom. The van der Waals surface area contributed by atoms with Crippen molar-refractivity contribution in [3.8, 4) is 0 Å². The van der Waals surface area contributed by atoms with Crippen molar-refractivity contribution < 1.29 is 17.6 Å². The van der Waals surface area contributed by atoms with Crippen molar-refractivity contribution in [2.75, 3.05) is 6.54 Å². The van der Waals surface area contributed by atoms with E-state index < -0.39 is 18.4 Å². The minimum Gasteiger partial charge on any atom is -0.304 e. The Morgan fingerprint density at radius 2 is 2.12 bits per heavy atom. The first kappa shape index (κ1) is 15.2. The van der Waals surface area contributed by atoms with Crippen LogP contribution < -0.4 is 5.32 Å². The van der Waals surface area contributed by atoms with Crippen molar-refractivity contribution in [3.63, 3.8) is 0 Å². The van der Waals surface area contributed by atoms with Crippen LogP contribution >= 0.6 is 38.9 Å². The molecule has 1 aromatic heterocycles. The third kappa shape index (κ3) is 3.33. The molecular formula is C9H9BrClF4NS. The maximum absolute atomic E-state index is 13.4. The van der Waals surface area contributed by atoms with Gasteiger partial charge in [0.15, 0.2) is 0 Å². The molecule has 1 unspecified atom stereocenters. The third-order valence-corrected chi connectivity index (χ3v) is 4.57. The second kappa shape index (κ2) is 5.86. The van der Waals surface area contributed by atoms with Gasteiger partial charge in [0.25, 0.3) is 0 Å². The second-order valence-corrected chi connectivity index (χ2v) is 5.78. The molecule has 1 N–H and O–H groups in total. The molecule has 1 nitrogen and oxygen atoms in total. The van der Waals surface area contributed by atoms with Gasteiger partial charge in [-0.15, -0.1) is 11.3 Å². The zero-order chi connectivity index (χ0) is 13.2. The standard InChI is InChI=1S/C9H9BrClF4NS/c1-2-16-6(9(14,15)8(12)13)5-3-4(10)7(11)17-5/h3,6,8,16H,2H2,1H3. The zero-order valence-electron chi connectivity index (χ0n) is 8.62. The fraction of sp³-hybridized carbons (Fsp3) is 0.556. The minimum atomic E-state index is -4.14. The fourth-order valence-corrected chi connectivity index (χ4v) is 3.12. The number of hydrogen-bond donors (Lipinski definition) is 1. The molecule has 0 spiro atoms. The Labute approximate surface area is 113 Å². The van der Waals surface area contributed by atoms with E-state index in [2.05, 4.69) is 21.2 Å². The van der Waals surface area contributed by atoms with Crippen LogP contribution in [0.2, 0.25) is 4.34 Å². The molecule has 0 fully saturated rings. The van der Waals surface area contributed by atoms with Crippen LogP contribution in [0.1, 0.15) is 17.8 Å². The Bertz CT molecular complexity index is 366. The molecule has 0 aliphatic carbocycles. The Balaban J connectivity index is 3.08. The van der Waals surface area contributed by atoms with E-state index in [0.29, 0.717) is 4.47 Å². The molecular weight excluding hydrogens is 346 g/mol. The highest BCUT2D eigenvalue weighted by atomic mass is 79.9. The lowest BCUT2D eigenvalue weighted by Crippen LogP contribution is -2.42. The highest BCUT2D eigenvalue weighted by molar-refractivity contribution is 9.10. The largest absolute Gasteiger partial charge is 0.327 e. The lowest BCUT2D eigenvalue weighted by molar-refractivity contribution is -0.150. The van der Waals surface area contributed by atoms with E-state index in [-0.39, 0.29) is 15.8 Å². The summed E-state index contributed by atoms with van der Waals surface area (Å²) in [5.74, 6) is -4.14. The molecule has 0 saturated heterocycles. The first-order valence-electron chi connectivity index (χ1n) is 4.64. The van der Waals surface area contributed by atoms with Gasteiger partial charge >= 0.3 is 12.3 Å².